The van der Waals surface area contributed by atoms with Crippen LogP contribution in [0, 0.1) is 0 Å². The molecule has 3 rings (SSSR count). The summed E-state index contributed by atoms with van der Waals surface area (Å²) in [6, 6.07) is 13.9. The zero-order valence-corrected chi connectivity index (χ0v) is 14.9. The SMILES string of the molecule is O=C(/C=C/c1ccc(N2CCCS2(=O)=O)cc1)Nc1ccc(Cl)cc1. The lowest BCUT2D eigenvalue weighted by molar-refractivity contribution is -0.111. The molecule has 1 heterocycles. The predicted molar refractivity (Wildman–Crippen MR) is 101 cm³/mol. The number of amides is 1. The standard InChI is InChI=1S/C18H17ClN2O3S/c19-15-5-7-16(8-6-15)20-18(22)11-4-14-2-9-17(10-3-14)21-12-1-13-25(21,23)24/h2-11H,1,12-13H2,(H,20,22)/b11-4+. The van der Waals surface area contributed by atoms with Gasteiger partial charge < -0.3 is 5.32 Å². The van der Waals surface area contributed by atoms with E-state index in [1.54, 1.807) is 54.6 Å². The summed E-state index contributed by atoms with van der Waals surface area (Å²) in [7, 11) is -3.17. The summed E-state index contributed by atoms with van der Waals surface area (Å²) in [5.74, 6) is -0.0620. The van der Waals surface area contributed by atoms with E-state index in [0.717, 1.165) is 5.56 Å². The molecule has 2 aromatic carbocycles. The normalized spacial score (nSPS) is 16.3. The Morgan fingerprint density at radius 2 is 1.76 bits per heavy atom. The Bertz CT molecular complexity index is 891. The molecule has 0 saturated carbocycles. The van der Waals surface area contributed by atoms with Crippen LogP contribution in [0.1, 0.15) is 12.0 Å². The first-order valence-corrected chi connectivity index (χ1v) is 9.78. The van der Waals surface area contributed by atoms with Crippen molar-refractivity contribution in [1.82, 2.24) is 0 Å². The van der Waals surface area contributed by atoms with Gasteiger partial charge in [-0.1, -0.05) is 23.7 Å². The highest BCUT2D eigenvalue weighted by Crippen LogP contribution is 2.24. The van der Waals surface area contributed by atoms with Gasteiger partial charge in [0.15, 0.2) is 0 Å². The summed E-state index contributed by atoms with van der Waals surface area (Å²) in [6.45, 7) is 0.515. The molecule has 1 amide bonds. The molecular weight excluding hydrogens is 360 g/mol. The molecule has 0 spiro atoms. The van der Waals surface area contributed by atoms with Gasteiger partial charge >= 0.3 is 0 Å². The van der Waals surface area contributed by atoms with Crippen LogP contribution >= 0.6 is 11.6 Å². The van der Waals surface area contributed by atoms with Crippen molar-refractivity contribution in [2.24, 2.45) is 0 Å². The fourth-order valence-electron chi connectivity index (χ4n) is 2.57. The molecule has 0 bridgehead atoms. The van der Waals surface area contributed by atoms with E-state index in [2.05, 4.69) is 5.32 Å². The lowest BCUT2D eigenvalue weighted by Gasteiger charge is -2.16. The Labute approximate surface area is 152 Å². The molecule has 0 atom stereocenters. The molecular formula is C18H17ClN2O3S. The quantitative estimate of drug-likeness (QED) is 0.830. The number of halogens is 1. The number of anilines is 2. The number of hydrogen-bond acceptors (Lipinski definition) is 3. The molecule has 1 saturated heterocycles. The minimum atomic E-state index is -3.17. The van der Waals surface area contributed by atoms with Crippen molar-refractivity contribution in [2.45, 2.75) is 6.42 Å². The third-order valence-corrected chi connectivity index (χ3v) is 5.94. The van der Waals surface area contributed by atoms with Crippen molar-refractivity contribution in [2.75, 3.05) is 21.9 Å². The Balaban J connectivity index is 1.63. The van der Waals surface area contributed by atoms with Gasteiger partial charge in [0.25, 0.3) is 0 Å². The van der Waals surface area contributed by atoms with Crippen molar-refractivity contribution in [3.05, 3.63) is 65.2 Å². The smallest absolute Gasteiger partial charge is 0.248 e. The van der Waals surface area contributed by atoms with Crippen LogP contribution in [-0.4, -0.2) is 26.6 Å². The maximum Gasteiger partial charge on any atom is 0.248 e. The van der Waals surface area contributed by atoms with E-state index >= 15 is 0 Å². The van der Waals surface area contributed by atoms with Crippen molar-refractivity contribution in [3.63, 3.8) is 0 Å². The zero-order valence-electron chi connectivity index (χ0n) is 13.4. The molecule has 7 heteroatoms. The lowest BCUT2D eigenvalue weighted by Crippen LogP contribution is -2.24. The molecule has 2 aromatic rings. The zero-order chi connectivity index (χ0) is 17.9. The van der Waals surface area contributed by atoms with E-state index < -0.39 is 10.0 Å². The highest BCUT2D eigenvalue weighted by atomic mass is 35.5. The predicted octanol–water partition coefficient (Wildman–Crippen LogP) is 3.53. The van der Waals surface area contributed by atoms with Crippen LogP contribution in [0.4, 0.5) is 11.4 Å². The molecule has 1 fully saturated rings. The third kappa shape index (κ3) is 4.41. The van der Waals surface area contributed by atoms with Crippen LogP contribution in [0.15, 0.2) is 54.6 Å². The van der Waals surface area contributed by atoms with Crippen molar-refractivity contribution < 1.29 is 13.2 Å². The van der Waals surface area contributed by atoms with Gasteiger partial charge in [-0.3, -0.25) is 9.10 Å². The second-order valence-electron chi connectivity index (χ2n) is 5.66. The topological polar surface area (TPSA) is 66.5 Å². The van der Waals surface area contributed by atoms with E-state index in [1.807, 2.05) is 0 Å². The van der Waals surface area contributed by atoms with Crippen LogP contribution in [0.3, 0.4) is 0 Å². The first-order chi connectivity index (χ1) is 11.9. The number of benzene rings is 2. The van der Waals surface area contributed by atoms with Crippen LogP contribution < -0.4 is 9.62 Å². The van der Waals surface area contributed by atoms with Gasteiger partial charge in [-0.25, -0.2) is 8.42 Å². The fraction of sp³-hybridized carbons (Fsp3) is 0.167. The third-order valence-electron chi connectivity index (χ3n) is 3.82. The molecule has 5 nitrogen and oxygen atoms in total. The van der Waals surface area contributed by atoms with Crippen molar-refractivity contribution >= 4 is 45.0 Å². The first-order valence-electron chi connectivity index (χ1n) is 7.79. The number of rotatable bonds is 4. The Kier molecular flexibility index (Phi) is 5.11. The summed E-state index contributed by atoms with van der Waals surface area (Å²) in [5.41, 5.74) is 2.13. The molecule has 25 heavy (non-hydrogen) atoms. The number of sulfonamides is 1. The van der Waals surface area contributed by atoms with Gasteiger partial charge in [0.05, 0.1) is 11.4 Å². The number of nitrogens with one attached hydrogen (secondary N) is 1. The summed E-state index contributed by atoms with van der Waals surface area (Å²) in [6.07, 6.45) is 3.75. The van der Waals surface area contributed by atoms with Crippen LogP contribution in [-0.2, 0) is 14.8 Å². The van der Waals surface area contributed by atoms with Gasteiger partial charge in [0.2, 0.25) is 15.9 Å². The molecule has 1 N–H and O–H groups in total. The molecule has 0 unspecified atom stereocenters. The van der Waals surface area contributed by atoms with E-state index in [0.29, 0.717) is 29.4 Å². The average molecular weight is 377 g/mol. The number of carbonyl (C=O) groups excluding carboxylic acids is 1. The maximum atomic E-state index is 11.9. The summed E-state index contributed by atoms with van der Waals surface area (Å²) in [4.78, 5) is 11.9. The maximum absolute atomic E-state index is 11.9. The second-order valence-corrected chi connectivity index (χ2v) is 8.11. The molecule has 0 aliphatic carbocycles. The summed E-state index contributed by atoms with van der Waals surface area (Å²) in [5, 5.41) is 3.34. The Hall–Kier alpha value is -2.31. The van der Waals surface area contributed by atoms with Crippen molar-refractivity contribution in [3.8, 4) is 0 Å². The average Bonchev–Trinajstić information content (AvgIpc) is 2.95. The van der Waals surface area contributed by atoms with Gasteiger partial charge in [0.1, 0.15) is 0 Å². The van der Waals surface area contributed by atoms with Crippen molar-refractivity contribution in [1.29, 1.82) is 0 Å². The fourth-order valence-corrected chi connectivity index (χ4v) is 4.26. The minimum absolute atomic E-state index is 0.194. The van der Waals surface area contributed by atoms with E-state index in [9.17, 15) is 13.2 Å². The van der Waals surface area contributed by atoms with Gasteiger partial charge in [-0.2, -0.15) is 0 Å². The molecule has 0 radical (unpaired) electrons. The number of carbonyl (C=O) groups is 1. The monoisotopic (exact) mass is 376 g/mol. The molecule has 130 valence electrons. The van der Waals surface area contributed by atoms with Gasteiger partial charge in [0, 0.05) is 23.3 Å². The summed E-state index contributed by atoms with van der Waals surface area (Å²) < 4.78 is 25.2. The van der Waals surface area contributed by atoms with E-state index in [4.69, 9.17) is 11.6 Å². The second kappa shape index (κ2) is 7.29. The minimum Gasteiger partial charge on any atom is -0.323 e. The summed E-state index contributed by atoms with van der Waals surface area (Å²) >= 11 is 5.80. The van der Waals surface area contributed by atoms with E-state index in [-0.39, 0.29) is 11.7 Å². The van der Waals surface area contributed by atoms with Gasteiger partial charge in [-0.05, 0) is 54.5 Å². The molecule has 1 aliphatic rings. The van der Waals surface area contributed by atoms with Crippen LogP contribution in [0.2, 0.25) is 5.02 Å². The highest BCUT2D eigenvalue weighted by Gasteiger charge is 2.28. The molecule has 1 aliphatic heterocycles. The largest absolute Gasteiger partial charge is 0.323 e. The van der Waals surface area contributed by atoms with E-state index in [1.165, 1.54) is 10.4 Å². The van der Waals surface area contributed by atoms with Crippen LogP contribution in [0.5, 0.6) is 0 Å². The number of hydrogen-bond donors (Lipinski definition) is 1. The first kappa shape index (κ1) is 17.5. The van der Waals surface area contributed by atoms with Gasteiger partial charge in [-0.15, -0.1) is 0 Å². The lowest BCUT2D eigenvalue weighted by atomic mass is 10.2. The molecule has 0 aromatic heterocycles. The van der Waals surface area contributed by atoms with Crippen LogP contribution in [0.25, 0.3) is 6.08 Å². The Morgan fingerprint density at radius 1 is 1.08 bits per heavy atom. The highest BCUT2D eigenvalue weighted by molar-refractivity contribution is 7.93. The Morgan fingerprint density at radius 3 is 2.36 bits per heavy atom. The number of nitrogens with zero attached hydrogens (tertiary/aromatic N) is 1.